The van der Waals surface area contributed by atoms with Crippen LogP contribution in [-0.4, -0.2) is 10.2 Å². The van der Waals surface area contributed by atoms with E-state index in [-0.39, 0.29) is 23.9 Å². The SMILES string of the molecule is Cc1[nH]nc2c1C(c1ccc(OCc3ccccc3F)c(Cl)c1)C(C#N)=C(N)O2. The van der Waals surface area contributed by atoms with Crippen molar-refractivity contribution in [1.82, 2.24) is 10.2 Å². The summed E-state index contributed by atoms with van der Waals surface area (Å²) in [4.78, 5) is 0. The molecule has 0 amide bonds. The maximum absolute atomic E-state index is 13.8. The molecule has 0 saturated heterocycles. The van der Waals surface area contributed by atoms with Gasteiger partial charge in [0.25, 0.3) is 0 Å². The first kappa shape index (κ1) is 18.8. The van der Waals surface area contributed by atoms with Gasteiger partial charge in [-0.05, 0) is 30.7 Å². The zero-order chi connectivity index (χ0) is 20.5. The number of ether oxygens (including phenoxy) is 2. The lowest BCUT2D eigenvalue weighted by molar-refractivity contribution is 0.300. The molecule has 6 nitrogen and oxygen atoms in total. The van der Waals surface area contributed by atoms with Gasteiger partial charge in [0.1, 0.15) is 29.8 Å². The molecule has 0 bridgehead atoms. The number of halogens is 2. The lowest BCUT2D eigenvalue weighted by Gasteiger charge is -2.24. The Morgan fingerprint density at radius 3 is 2.86 bits per heavy atom. The number of aromatic amines is 1. The summed E-state index contributed by atoms with van der Waals surface area (Å²) < 4.78 is 24.9. The normalized spacial score (nSPS) is 15.4. The Morgan fingerprint density at radius 2 is 2.14 bits per heavy atom. The van der Waals surface area contributed by atoms with Crippen molar-refractivity contribution in [2.45, 2.75) is 19.4 Å². The van der Waals surface area contributed by atoms with Gasteiger partial charge in [-0.25, -0.2) is 4.39 Å². The number of aromatic nitrogens is 2. The van der Waals surface area contributed by atoms with Crippen LogP contribution >= 0.6 is 11.6 Å². The van der Waals surface area contributed by atoms with E-state index in [4.69, 9.17) is 26.8 Å². The number of nitrogens with two attached hydrogens (primary N) is 1. The summed E-state index contributed by atoms with van der Waals surface area (Å²) in [6.07, 6.45) is 0. The van der Waals surface area contributed by atoms with Gasteiger partial charge in [-0.1, -0.05) is 35.9 Å². The van der Waals surface area contributed by atoms with Gasteiger partial charge in [-0.15, -0.1) is 5.10 Å². The predicted octanol–water partition coefficient (Wildman–Crippen LogP) is 4.31. The van der Waals surface area contributed by atoms with Crippen molar-refractivity contribution in [2.75, 3.05) is 0 Å². The summed E-state index contributed by atoms with van der Waals surface area (Å²) in [5.41, 5.74) is 8.86. The minimum Gasteiger partial charge on any atom is -0.487 e. The van der Waals surface area contributed by atoms with Crippen LogP contribution in [0.5, 0.6) is 11.6 Å². The number of hydrogen-bond donors (Lipinski definition) is 2. The van der Waals surface area contributed by atoms with E-state index < -0.39 is 5.92 Å². The molecule has 146 valence electrons. The highest BCUT2D eigenvalue weighted by Crippen LogP contribution is 2.43. The molecule has 2 heterocycles. The molecule has 3 N–H and O–H groups in total. The molecule has 29 heavy (non-hydrogen) atoms. The van der Waals surface area contributed by atoms with Gasteiger partial charge < -0.3 is 15.2 Å². The van der Waals surface area contributed by atoms with Crippen LogP contribution in [-0.2, 0) is 6.61 Å². The van der Waals surface area contributed by atoms with Crippen molar-refractivity contribution >= 4 is 11.6 Å². The summed E-state index contributed by atoms with van der Waals surface area (Å²) in [6, 6.07) is 13.7. The average Bonchev–Trinajstić information content (AvgIpc) is 3.07. The van der Waals surface area contributed by atoms with Crippen LogP contribution in [0.15, 0.2) is 53.9 Å². The summed E-state index contributed by atoms with van der Waals surface area (Å²) in [5.74, 6) is -0.0665. The smallest absolute Gasteiger partial charge is 0.244 e. The summed E-state index contributed by atoms with van der Waals surface area (Å²) >= 11 is 6.42. The van der Waals surface area contributed by atoms with E-state index in [1.54, 1.807) is 36.4 Å². The third-order valence-corrected chi connectivity index (χ3v) is 5.06. The Labute approximate surface area is 171 Å². The van der Waals surface area contributed by atoms with Crippen molar-refractivity contribution in [1.29, 1.82) is 5.26 Å². The highest BCUT2D eigenvalue weighted by molar-refractivity contribution is 6.32. The van der Waals surface area contributed by atoms with Crippen LogP contribution in [0.4, 0.5) is 4.39 Å². The van der Waals surface area contributed by atoms with Gasteiger partial charge >= 0.3 is 0 Å². The maximum atomic E-state index is 13.8. The molecule has 1 aliphatic heterocycles. The molecule has 4 rings (SSSR count). The number of nitrogens with one attached hydrogen (secondary N) is 1. The fourth-order valence-electron chi connectivity index (χ4n) is 3.32. The van der Waals surface area contributed by atoms with E-state index in [9.17, 15) is 9.65 Å². The number of allylic oxidation sites excluding steroid dienone is 1. The van der Waals surface area contributed by atoms with E-state index in [2.05, 4.69) is 16.3 Å². The van der Waals surface area contributed by atoms with Crippen molar-refractivity contribution in [2.24, 2.45) is 5.73 Å². The minimum atomic E-state index is -0.472. The van der Waals surface area contributed by atoms with Gasteiger partial charge in [-0.3, -0.25) is 5.10 Å². The average molecular weight is 411 g/mol. The molecular formula is C21H16ClFN4O2. The molecule has 2 aromatic carbocycles. The second-order valence-electron chi connectivity index (χ2n) is 6.56. The largest absolute Gasteiger partial charge is 0.487 e. The van der Waals surface area contributed by atoms with E-state index >= 15 is 0 Å². The minimum absolute atomic E-state index is 0.00695. The molecule has 0 radical (unpaired) electrons. The first-order chi connectivity index (χ1) is 14.0. The molecule has 1 aliphatic rings. The van der Waals surface area contributed by atoms with E-state index in [1.165, 1.54) is 6.07 Å². The molecule has 8 heteroatoms. The van der Waals surface area contributed by atoms with Gasteiger partial charge in [0, 0.05) is 16.8 Å². The van der Waals surface area contributed by atoms with Crippen LogP contribution in [0.3, 0.4) is 0 Å². The summed E-state index contributed by atoms with van der Waals surface area (Å²) in [5, 5.41) is 16.9. The number of fused-ring (bicyclic) bond motifs is 1. The van der Waals surface area contributed by atoms with E-state index in [0.717, 1.165) is 16.8 Å². The van der Waals surface area contributed by atoms with Crippen LogP contribution < -0.4 is 15.2 Å². The fourth-order valence-corrected chi connectivity index (χ4v) is 3.56. The topological polar surface area (TPSA) is 97.0 Å². The quantitative estimate of drug-likeness (QED) is 0.668. The Kier molecular flexibility index (Phi) is 4.87. The van der Waals surface area contributed by atoms with Crippen LogP contribution in [0.2, 0.25) is 5.02 Å². The molecule has 3 aromatic rings. The Balaban J connectivity index is 1.66. The van der Waals surface area contributed by atoms with Gasteiger partial charge in [-0.2, -0.15) is 5.26 Å². The van der Waals surface area contributed by atoms with Crippen molar-refractivity contribution in [3.8, 4) is 17.7 Å². The van der Waals surface area contributed by atoms with E-state index in [1.807, 2.05) is 6.92 Å². The molecule has 1 unspecified atom stereocenters. The number of hydrogen-bond acceptors (Lipinski definition) is 5. The number of H-pyrrole nitrogens is 1. The lowest BCUT2D eigenvalue weighted by Crippen LogP contribution is -2.21. The highest BCUT2D eigenvalue weighted by Gasteiger charge is 2.34. The van der Waals surface area contributed by atoms with Gasteiger partial charge in [0.05, 0.1) is 10.9 Å². The van der Waals surface area contributed by atoms with Crippen LogP contribution in [0, 0.1) is 24.1 Å². The zero-order valence-electron chi connectivity index (χ0n) is 15.4. The molecule has 0 fully saturated rings. The number of aryl methyl sites for hydroxylation is 1. The van der Waals surface area contributed by atoms with Crippen molar-refractivity contribution < 1.29 is 13.9 Å². The summed E-state index contributed by atoms with van der Waals surface area (Å²) in [6.45, 7) is 1.89. The highest BCUT2D eigenvalue weighted by atomic mass is 35.5. The van der Waals surface area contributed by atoms with Crippen molar-refractivity contribution in [3.05, 3.63) is 87.1 Å². The Hall–Kier alpha value is -3.50. The fraction of sp³-hybridized carbons (Fsp3) is 0.143. The molecular weight excluding hydrogens is 395 g/mol. The molecule has 1 atom stereocenters. The standard InChI is InChI=1S/C21H16ClFN4O2/c1-11-18-19(14(9-24)20(25)29-21(18)27-26-11)12-6-7-17(15(22)8-12)28-10-13-4-2-3-5-16(13)23/h2-8,19H,10,25H2,1H3,(H,26,27). The van der Waals surface area contributed by atoms with Gasteiger partial charge in [0.15, 0.2) is 0 Å². The van der Waals surface area contributed by atoms with Crippen LogP contribution in [0.25, 0.3) is 0 Å². The van der Waals surface area contributed by atoms with Crippen molar-refractivity contribution in [3.63, 3.8) is 0 Å². The summed E-state index contributed by atoms with van der Waals surface area (Å²) in [7, 11) is 0. The van der Waals surface area contributed by atoms with Gasteiger partial charge in [0.2, 0.25) is 11.8 Å². The molecule has 0 saturated carbocycles. The molecule has 0 aliphatic carbocycles. The first-order valence-electron chi connectivity index (χ1n) is 8.77. The predicted molar refractivity (Wildman–Crippen MR) is 105 cm³/mol. The monoisotopic (exact) mass is 410 g/mol. The Morgan fingerprint density at radius 1 is 1.34 bits per heavy atom. The number of rotatable bonds is 4. The number of nitrogens with zero attached hydrogens (tertiary/aromatic N) is 2. The Bertz CT molecular complexity index is 1170. The van der Waals surface area contributed by atoms with Crippen LogP contribution in [0.1, 0.15) is 28.3 Å². The second-order valence-corrected chi connectivity index (χ2v) is 6.97. The third kappa shape index (κ3) is 3.39. The zero-order valence-corrected chi connectivity index (χ0v) is 16.1. The molecule has 0 spiro atoms. The maximum Gasteiger partial charge on any atom is 0.244 e. The number of benzene rings is 2. The van der Waals surface area contributed by atoms with E-state index in [0.29, 0.717) is 22.2 Å². The third-order valence-electron chi connectivity index (χ3n) is 4.76. The lowest BCUT2D eigenvalue weighted by atomic mass is 9.84. The first-order valence-corrected chi connectivity index (χ1v) is 9.15. The number of nitriles is 1. The molecule has 1 aromatic heterocycles. The second kappa shape index (κ2) is 7.49.